The fourth-order valence-corrected chi connectivity index (χ4v) is 1.42. The lowest BCUT2D eigenvalue weighted by molar-refractivity contribution is 0.0950. The molecule has 0 aromatic heterocycles. The molecule has 0 aliphatic heterocycles. The van der Waals surface area contributed by atoms with Crippen molar-refractivity contribution in [3.8, 4) is 0 Å². The molecule has 2 rings (SSSR count). The van der Waals surface area contributed by atoms with E-state index >= 15 is 0 Å². The first-order valence-electron chi connectivity index (χ1n) is 4.80. The van der Waals surface area contributed by atoms with E-state index < -0.39 is 0 Å². The third kappa shape index (κ3) is 1.93. The van der Waals surface area contributed by atoms with Gasteiger partial charge in [0.25, 0.3) is 5.91 Å². The van der Waals surface area contributed by atoms with Crippen LogP contribution >= 0.6 is 0 Å². The summed E-state index contributed by atoms with van der Waals surface area (Å²) < 4.78 is 0. The number of hydrogen-bond acceptors (Lipinski definition) is 2. The second-order valence-corrected chi connectivity index (χ2v) is 3.85. The van der Waals surface area contributed by atoms with Crippen molar-refractivity contribution in [3.05, 3.63) is 35.4 Å². The highest BCUT2D eigenvalue weighted by atomic mass is 16.1. The molecule has 3 nitrogen and oxygen atoms in total. The number of rotatable bonds is 2. The topological polar surface area (TPSA) is 55.1 Å². The molecule has 0 spiro atoms. The summed E-state index contributed by atoms with van der Waals surface area (Å²) in [6.45, 7) is 1.97. The Morgan fingerprint density at radius 1 is 1.57 bits per heavy atom. The summed E-state index contributed by atoms with van der Waals surface area (Å²) in [6, 6.07) is 7.89. The number of aryl methyl sites for hydroxylation is 1. The zero-order chi connectivity index (χ0) is 10.1. The molecule has 0 heterocycles. The Bertz CT molecular complexity index is 362. The molecule has 1 fully saturated rings. The van der Waals surface area contributed by atoms with Gasteiger partial charge in [-0.15, -0.1) is 0 Å². The molecule has 1 aromatic rings. The number of carbonyl (C=O) groups is 1. The van der Waals surface area contributed by atoms with Crippen LogP contribution in [0.15, 0.2) is 24.3 Å². The third-order valence-corrected chi connectivity index (χ3v) is 2.44. The SMILES string of the molecule is Cc1cccc(C(=O)NC2CC2N)c1. The van der Waals surface area contributed by atoms with Crippen LogP contribution < -0.4 is 11.1 Å². The second kappa shape index (κ2) is 3.42. The minimum atomic E-state index is -0.0216. The molecule has 0 saturated heterocycles. The molecule has 1 amide bonds. The molecular formula is C11H14N2O. The van der Waals surface area contributed by atoms with E-state index in [2.05, 4.69) is 5.32 Å². The van der Waals surface area contributed by atoms with E-state index in [1.165, 1.54) is 0 Å². The predicted octanol–water partition coefficient (Wildman–Crippen LogP) is 0.824. The summed E-state index contributed by atoms with van der Waals surface area (Å²) in [5, 5.41) is 2.88. The van der Waals surface area contributed by atoms with E-state index in [-0.39, 0.29) is 18.0 Å². The zero-order valence-electron chi connectivity index (χ0n) is 8.16. The highest BCUT2D eigenvalue weighted by Crippen LogP contribution is 2.18. The number of hydrogen-bond donors (Lipinski definition) is 2. The van der Waals surface area contributed by atoms with E-state index in [9.17, 15) is 4.79 Å². The lowest BCUT2D eigenvalue weighted by Crippen LogP contribution is -2.29. The first-order valence-corrected chi connectivity index (χ1v) is 4.80. The molecule has 2 unspecified atom stereocenters. The summed E-state index contributed by atoms with van der Waals surface area (Å²) in [7, 11) is 0. The Balaban J connectivity index is 2.03. The Hall–Kier alpha value is -1.35. The van der Waals surface area contributed by atoms with Crippen molar-refractivity contribution < 1.29 is 4.79 Å². The molecule has 2 atom stereocenters. The van der Waals surface area contributed by atoms with E-state index in [4.69, 9.17) is 5.73 Å². The van der Waals surface area contributed by atoms with Crippen molar-refractivity contribution >= 4 is 5.91 Å². The smallest absolute Gasteiger partial charge is 0.251 e. The van der Waals surface area contributed by atoms with Crippen molar-refractivity contribution in [1.29, 1.82) is 0 Å². The van der Waals surface area contributed by atoms with E-state index in [1.807, 2.05) is 31.2 Å². The van der Waals surface area contributed by atoms with Crippen molar-refractivity contribution in [2.24, 2.45) is 5.73 Å². The summed E-state index contributed by atoms with van der Waals surface area (Å²) in [4.78, 5) is 11.6. The van der Waals surface area contributed by atoms with Gasteiger partial charge in [0.15, 0.2) is 0 Å². The predicted molar refractivity (Wildman–Crippen MR) is 55.0 cm³/mol. The summed E-state index contributed by atoms with van der Waals surface area (Å²) >= 11 is 0. The Kier molecular flexibility index (Phi) is 2.25. The van der Waals surface area contributed by atoms with Gasteiger partial charge in [0, 0.05) is 17.6 Å². The van der Waals surface area contributed by atoms with Crippen LogP contribution in [0, 0.1) is 6.92 Å². The third-order valence-electron chi connectivity index (χ3n) is 2.44. The van der Waals surface area contributed by atoms with Crippen LogP contribution in [0.2, 0.25) is 0 Å². The van der Waals surface area contributed by atoms with Crippen molar-refractivity contribution in [1.82, 2.24) is 5.32 Å². The first kappa shape index (κ1) is 9.21. The quantitative estimate of drug-likeness (QED) is 0.725. The monoisotopic (exact) mass is 190 g/mol. The molecular weight excluding hydrogens is 176 g/mol. The number of nitrogens with two attached hydrogens (primary N) is 1. The lowest BCUT2D eigenvalue weighted by atomic mass is 10.1. The molecule has 1 aliphatic carbocycles. The van der Waals surface area contributed by atoms with Gasteiger partial charge in [-0.3, -0.25) is 4.79 Å². The summed E-state index contributed by atoms with van der Waals surface area (Å²) in [5.74, 6) is -0.0216. The van der Waals surface area contributed by atoms with Crippen LogP contribution in [-0.4, -0.2) is 18.0 Å². The van der Waals surface area contributed by atoms with Crippen LogP contribution in [0.3, 0.4) is 0 Å². The minimum Gasteiger partial charge on any atom is -0.348 e. The van der Waals surface area contributed by atoms with Gasteiger partial charge < -0.3 is 11.1 Å². The van der Waals surface area contributed by atoms with Crippen LogP contribution in [-0.2, 0) is 0 Å². The molecule has 0 radical (unpaired) electrons. The minimum absolute atomic E-state index is 0.0216. The van der Waals surface area contributed by atoms with Gasteiger partial charge in [0.1, 0.15) is 0 Å². The van der Waals surface area contributed by atoms with Gasteiger partial charge in [-0.1, -0.05) is 17.7 Å². The van der Waals surface area contributed by atoms with Gasteiger partial charge in [0.2, 0.25) is 0 Å². The number of benzene rings is 1. The van der Waals surface area contributed by atoms with Crippen LogP contribution in [0.1, 0.15) is 22.3 Å². The lowest BCUT2D eigenvalue weighted by Gasteiger charge is -2.03. The molecule has 1 saturated carbocycles. The highest BCUT2D eigenvalue weighted by molar-refractivity contribution is 5.94. The number of amides is 1. The average molecular weight is 190 g/mol. The van der Waals surface area contributed by atoms with Gasteiger partial charge in [-0.25, -0.2) is 0 Å². The van der Waals surface area contributed by atoms with Gasteiger partial charge in [0.05, 0.1) is 0 Å². The molecule has 1 aromatic carbocycles. The van der Waals surface area contributed by atoms with Gasteiger partial charge in [-0.05, 0) is 25.5 Å². The van der Waals surface area contributed by atoms with E-state index in [0.29, 0.717) is 5.56 Å². The number of carbonyl (C=O) groups excluding carboxylic acids is 1. The molecule has 3 heteroatoms. The van der Waals surface area contributed by atoms with E-state index in [0.717, 1.165) is 12.0 Å². The standard InChI is InChI=1S/C11H14N2O/c1-7-3-2-4-8(5-7)11(14)13-10-6-9(10)12/h2-5,9-10H,6,12H2,1H3,(H,13,14). The summed E-state index contributed by atoms with van der Waals surface area (Å²) in [6.07, 6.45) is 0.900. The Labute approximate surface area is 83.3 Å². The van der Waals surface area contributed by atoms with Crippen molar-refractivity contribution in [2.45, 2.75) is 25.4 Å². The second-order valence-electron chi connectivity index (χ2n) is 3.85. The van der Waals surface area contributed by atoms with E-state index in [1.54, 1.807) is 0 Å². The van der Waals surface area contributed by atoms with Gasteiger partial charge in [-0.2, -0.15) is 0 Å². The van der Waals surface area contributed by atoms with Crippen LogP contribution in [0.25, 0.3) is 0 Å². The molecule has 3 N–H and O–H groups in total. The van der Waals surface area contributed by atoms with Crippen molar-refractivity contribution in [3.63, 3.8) is 0 Å². The average Bonchev–Trinajstić information content (AvgIpc) is 2.81. The Morgan fingerprint density at radius 3 is 2.86 bits per heavy atom. The fourth-order valence-electron chi connectivity index (χ4n) is 1.42. The van der Waals surface area contributed by atoms with Crippen LogP contribution in [0.4, 0.5) is 0 Å². The van der Waals surface area contributed by atoms with Gasteiger partial charge >= 0.3 is 0 Å². The molecule has 74 valence electrons. The summed E-state index contributed by atoms with van der Waals surface area (Å²) in [5.41, 5.74) is 7.42. The fraction of sp³-hybridized carbons (Fsp3) is 0.364. The zero-order valence-corrected chi connectivity index (χ0v) is 8.16. The Morgan fingerprint density at radius 2 is 2.29 bits per heavy atom. The highest BCUT2D eigenvalue weighted by Gasteiger charge is 2.34. The molecule has 14 heavy (non-hydrogen) atoms. The molecule has 1 aliphatic rings. The first-order chi connectivity index (χ1) is 6.66. The number of nitrogens with one attached hydrogen (secondary N) is 1. The largest absolute Gasteiger partial charge is 0.348 e. The van der Waals surface area contributed by atoms with Crippen LogP contribution in [0.5, 0.6) is 0 Å². The normalized spacial score (nSPS) is 24.4. The van der Waals surface area contributed by atoms with Crippen molar-refractivity contribution in [2.75, 3.05) is 0 Å². The molecule has 0 bridgehead atoms. The maximum Gasteiger partial charge on any atom is 0.251 e. The maximum atomic E-state index is 11.6. The maximum absolute atomic E-state index is 11.6.